The van der Waals surface area contributed by atoms with E-state index in [-0.39, 0.29) is 30.4 Å². The molecule has 0 aliphatic carbocycles. The standard InChI is InChI=1S/C15H23N3O2/c1-15(2,3)18-14(20)11-16-10-13(19)17-9-12-7-5-4-6-8-12/h4-8,16H,9-11H2,1-3H3,(H,17,19)(H,18,20). The summed E-state index contributed by atoms with van der Waals surface area (Å²) >= 11 is 0. The van der Waals surface area contributed by atoms with Crippen LogP contribution in [0.25, 0.3) is 0 Å². The summed E-state index contributed by atoms with van der Waals surface area (Å²) in [7, 11) is 0. The fraction of sp³-hybridized carbons (Fsp3) is 0.467. The molecular weight excluding hydrogens is 254 g/mol. The summed E-state index contributed by atoms with van der Waals surface area (Å²) in [4.78, 5) is 23.1. The molecule has 5 heteroatoms. The molecule has 0 atom stereocenters. The summed E-state index contributed by atoms with van der Waals surface area (Å²) in [6, 6.07) is 9.68. The van der Waals surface area contributed by atoms with Crippen molar-refractivity contribution < 1.29 is 9.59 Å². The molecule has 0 radical (unpaired) electrons. The van der Waals surface area contributed by atoms with Crippen molar-refractivity contribution in [1.82, 2.24) is 16.0 Å². The van der Waals surface area contributed by atoms with Gasteiger partial charge in [-0.3, -0.25) is 14.9 Å². The van der Waals surface area contributed by atoms with Gasteiger partial charge in [0.15, 0.2) is 0 Å². The second-order valence-corrected chi connectivity index (χ2v) is 5.66. The van der Waals surface area contributed by atoms with E-state index in [1.807, 2.05) is 51.1 Å². The van der Waals surface area contributed by atoms with Gasteiger partial charge in [0.05, 0.1) is 13.1 Å². The SMILES string of the molecule is CC(C)(C)NC(=O)CNCC(=O)NCc1ccccc1. The third-order valence-electron chi connectivity index (χ3n) is 2.42. The molecule has 1 aromatic carbocycles. The van der Waals surface area contributed by atoms with Gasteiger partial charge in [0, 0.05) is 12.1 Å². The highest BCUT2D eigenvalue weighted by Gasteiger charge is 2.13. The lowest BCUT2D eigenvalue weighted by molar-refractivity contribution is -0.122. The molecule has 0 aliphatic heterocycles. The van der Waals surface area contributed by atoms with Gasteiger partial charge in [0.1, 0.15) is 0 Å². The quantitative estimate of drug-likeness (QED) is 0.720. The molecule has 0 saturated heterocycles. The Bertz CT molecular complexity index is 438. The van der Waals surface area contributed by atoms with Gasteiger partial charge in [-0.05, 0) is 26.3 Å². The van der Waals surface area contributed by atoms with E-state index in [1.165, 1.54) is 0 Å². The van der Waals surface area contributed by atoms with Gasteiger partial charge in [-0.1, -0.05) is 30.3 Å². The minimum Gasteiger partial charge on any atom is -0.351 e. The molecule has 0 unspecified atom stereocenters. The summed E-state index contributed by atoms with van der Waals surface area (Å²) in [6.45, 7) is 6.50. The van der Waals surface area contributed by atoms with E-state index >= 15 is 0 Å². The summed E-state index contributed by atoms with van der Waals surface area (Å²) in [6.07, 6.45) is 0. The number of carbonyl (C=O) groups is 2. The van der Waals surface area contributed by atoms with Gasteiger partial charge in [-0.25, -0.2) is 0 Å². The molecule has 5 nitrogen and oxygen atoms in total. The fourth-order valence-corrected chi connectivity index (χ4v) is 1.61. The van der Waals surface area contributed by atoms with Crippen molar-refractivity contribution in [2.75, 3.05) is 13.1 Å². The van der Waals surface area contributed by atoms with E-state index in [1.54, 1.807) is 0 Å². The van der Waals surface area contributed by atoms with E-state index < -0.39 is 0 Å². The van der Waals surface area contributed by atoms with Crippen molar-refractivity contribution in [3.8, 4) is 0 Å². The third kappa shape index (κ3) is 7.53. The van der Waals surface area contributed by atoms with Crippen LogP contribution in [0.2, 0.25) is 0 Å². The van der Waals surface area contributed by atoms with Crippen molar-refractivity contribution in [1.29, 1.82) is 0 Å². The Kier molecular flexibility index (Phi) is 6.18. The van der Waals surface area contributed by atoms with Crippen LogP contribution in [0, 0.1) is 0 Å². The first-order valence-electron chi connectivity index (χ1n) is 6.69. The van der Waals surface area contributed by atoms with Crippen LogP contribution in [0.5, 0.6) is 0 Å². The first-order valence-corrected chi connectivity index (χ1v) is 6.69. The van der Waals surface area contributed by atoms with E-state index in [4.69, 9.17) is 0 Å². The Labute approximate surface area is 120 Å². The average Bonchev–Trinajstić information content (AvgIpc) is 2.35. The van der Waals surface area contributed by atoms with Crippen molar-refractivity contribution in [2.24, 2.45) is 0 Å². The van der Waals surface area contributed by atoms with Gasteiger partial charge in [0.25, 0.3) is 0 Å². The summed E-state index contributed by atoms with van der Waals surface area (Å²) in [5, 5.41) is 8.43. The van der Waals surface area contributed by atoms with Crippen molar-refractivity contribution in [2.45, 2.75) is 32.9 Å². The smallest absolute Gasteiger partial charge is 0.234 e. The summed E-state index contributed by atoms with van der Waals surface area (Å²) < 4.78 is 0. The molecule has 20 heavy (non-hydrogen) atoms. The average molecular weight is 277 g/mol. The molecule has 1 aromatic rings. The van der Waals surface area contributed by atoms with Crippen LogP contribution >= 0.6 is 0 Å². The molecule has 0 aromatic heterocycles. The zero-order valence-corrected chi connectivity index (χ0v) is 12.3. The number of nitrogens with one attached hydrogen (secondary N) is 3. The minimum atomic E-state index is -0.256. The maximum atomic E-state index is 11.6. The minimum absolute atomic E-state index is 0.117. The number of amides is 2. The molecule has 1 rings (SSSR count). The molecule has 0 saturated carbocycles. The Hall–Kier alpha value is -1.88. The van der Waals surface area contributed by atoms with Crippen molar-refractivity contribution in [3.63, 3.8) is 0 Å². The number of benzene rings is 1. The molecule has 0 spiro atoms. The van der Waals surface area contributed by atoms with E-state index in [0.29, 0.717) is 6.54 Å². The monoisotopic (exact) mass is 277 g/mol. The van der Waals surface area contributed by atoms with Crippen LogP contribution in [-0.2, 0) is 16.1 Å². The molecule has 3 N–H and O–H groups in total. The van der Waals surface area contributed by atoms with Crippen LogP contribution in [0.4, 0.5) is 0 Å². The Morgan fingerprint density at radius 2 is 1.60 bits per heavy atom. The van der Waals surface area contributed by atoms with Gasteiger partial charge >= 0.3 is 0 Å². The molecule has 110 valence electrons. The number of hydrogen-bond acceptors (Lipinski definition) is 3. The van der Waals surface area contributed by atoms with Gasteiger partial charge < -0.3 is 10.6 Å². The Balaban J connectivity index is 2.16. The maximum Gasteiger partial charge on any atom is 0.234 e. The number of hydrogen-bond donors (Lipinski definition) is 3. The molecule has 0 fully saturated rings. The van der Waals surface area contributed by atoms with Crippen LogP contribution in [-0.4, -0.2) is 30.4 Å². The van der Waals surface area contributed by atoms with Crippen LogP contribution in [0.15, 0.2) is 30.3 Å². The lowest BCUT2D eigenvalue weighted by Gasteiger charge is -2.20. The second-order valence-electron chi connectivity index (χ2n) is 5.66. The largest absolute Gasteiger partial charge is 0.351 e. The second kappa shape index (κ2) is 7.65. The van der Waals surface area contributed by atoms with E-state index in [9.17, 15) is 9.59 Å². The molecule has 0 heterocycles. The van der Waals surface area contributed by atoms with Crippen LogP contribution in [0.1, 0.15) is 26.3 Å². The molecular formula is C15H23N3O2. The lowest BCUT2D eigenvalue weighted by Crippen LogP contribution is -2.46. The first kappa shape index (κ1) is 16.2. The van der Waals surface area contributed by atoms with Gasteiger partial charge in [0.2, 0.25) is 11.8 Å². The zero-order valence-electron chi connectivity index (χ0n) is 12.3. The number of carbonyl (C=O) groups excluding carboxylic acids is 2. The fourth-order valence-electron chi connectivity index (χ4n) is 1.61. The predicted molar refractivity (Wildman–Crippen MR) is 79.1 cm³/mol. The van der Waals surface area contributed by atoms with Gasteiger partial charge in [-0.2, -0.15) is 0 Å². The van der Waals surface area contributed by atoms with Crippen LogP contribution in [0.3, 0.4) is 0 Å². The highest BCUT2D eigenvalue weighted by Crippen LogP contribution is 1.97. The van der Waals surface area contributed by atoms with Gasteiger partial charge in [-0.15, -0.1) is 0 Å². The third-order valence-corrected chi connectivity index (χ3v) is 2.42. The summed E-state index contributed by atoms with van der Waals surface area (Å²) in [5.41, 5.74) is 0.792. The summed E-state index contributed by atoms with van der Waals surface area (Å²) in [5.74, 6) is -0.245. The topological polar surface area (TPSA) is 70.2 Å². The first-order chi connectivity index (χ1) is 9.37. The molecule has 0 bridgehead atoms. The maximum absolute atomic E-state index is 11.6. The Morgan fingerprint density at radius 3 is 2.20 bits per heavy atom. The molecule has 0 aliphatic rings. The molecule has 2 amide bonds. The van der Waals surface area contributed by atoms with Crippen LogP contribution < -0.4 is 16.0 Å². The predicted octanol–water partition coefficient (Wildman–Crippen LogP) is 0.807. The normalized spacial score (nSPS) is 10.9. The van der Waals surface area contributed by atoms with E-state index in [0.717, 1.165) is 5.56 Å². The van der Waals surface area contributed by atoms with Crippen molar-refractivity contribution in [3.05, 3.63) is 35.9 Å². The number of rotatable bonds is 6. The highest BCUT2D eigenvalue weighted by atomic mass is 16.2. The zero-order chi connectivity index (χ0) is 15.0. The van der Waals surface area contributed by atoms with Crippen molar-refractivity contribution >= 4 is 11.8 Å². The highest BCUT2D eigenvalue weighted by molar-refractivity contribution is 5.81. The van der Waals surface area contributed by atoms with E-state index in [2.05, 4.69) is 16.0 Å². The lowest BCUT2D eigenvalue weighted by atomic mass is 10.1. The Morgan fingerprint density at radius 1 is 1.00 bits per heavy atom.